The van der Waals surface area contributed by atoms with Gasteiger partial charge in [0.2, 0.25) is 5.69 Å². The number of anilines is 1. The molecule has 1 aliphatic heterocycles. The van der Waals surface area contributed by atoms with E-state index >= 15 is 0 Å². The zero-order chi connectivity index (χ0) is 18.1. The summed E-state index contributed by atoms with van der Waals surface area (Å²) in [5, 5.41) is 18.2. The lowest BCUT2D eigenvalue weighted by atomic mass is 9.99. The van der Waals surface area contributed by atoms with Gasteiger partial charge in [-0.05, 0) is 36.2 Å². The summed E-state index contributed by atoms with van der Waals surface area (Å²) < 4.78 is 0.942. The van der Waals surface area contributed by atoms with E-state index in [9.17, 15) is 9.90 Å². The molecule has 2 heterocycles. The molecule has 3 aromatic rings. The Morgan fingerprint density at radius 2 is 1.81 bits per heavy atom. The van der Waals surface area contributed by atoms with Gasteiger partial charge >= 0.3 is 5.97 Å². The summed E-state index contributed by atoms with van der Waals surface area (Å²) in [6.45, 7) is 1.50. The summed E-state index contributed by atoms with van der Waals surface area (Å²) in [6, 6.07) is 17.7. The van der Waals surface area contributed by atoms with Gasteiger partial charge in [-0.1, -0.05) is 46.3 Å². The largest absolute Gasteiger partial charge is 0.476 e. The third-order valence-corrected chi connectivity index (χ3v) is 5.14. The average Bonchev–Trinajstić information content (AvgIpc) is 3.30. The molecule has 7 heteroatoms. The molecule has 1 N–H and O–H groups in total. The molecule has 26 heavy (non-hydrogen) atoms. The van der Waals surface area contributed by atoms with E-state index in [0.717, 1.165) is 29.7 Å². The van der Waals surface area contributed by atoms with Gasteiger partial charge in [0.1, 0.15) is 0 Å². The number of hydrogen-bond donors (Lipinski definition) is 1. The lowest BCUT2D eigenvalue weighted by molar-refractivity contribution is 0.0690. The zero-order valence-electron chi connectivity index (χ0n) is 13.9. The second-order valence-corrected chi connectivity index (χ2v) is 7.20. The highest BCUT2D eigenvalue weighted by Gasteiger charge is 2.30. The molecule has 1 aromatic heterocycles. The molecule has 6 nitrogen and oxygen atoms in total. The SMILES string of the molecule is O=C(O)c1nn(-c2ccc(Br)cc2)nc1N1CC[C@H](c2ccccc2)C1. The van der Waals surface area contributed by atoms with Crippen LogP contribution in [-0.4, -0.2) is 39.2 Å². The molecular formula is C19H17BrN4O2. The van der Waals surface area contributed by atoms with Crippen LogP contribution in [0.3, 0.4) is 0 Å². The molecule has 1 saturated heterocycles. The van der Waals surface area contributed by atoms with E-state index in [2.05, 4.69) is 38.3 Å². The first-order valence-corrected chi connectivity index (χ1v) is 9.17. The molecular weight excluding hydrogens is 396 g/mol. The van der Waals surface area contributed by atoms with Gasteiger partial charge in [0.15, 0.2) is 5.82 Å². The molecule has 0 bridgehead atoms. The van der Waals surface area contributed by atoms with Crippen molar-refractivity contribution in [1.29, 1.82) is 0 Å². The maximum absolute atomic E-state index is 11.7. The highest BCUT2D eigenvalue weighted by Crippen LogP contribution is 2.31. The Morgan fingerprint density at radius 3 is 2.50 bits per heavy atom. The monoisotopic (exact) mass is 412 g/mol. The van der Waals surface area contributed by atoms with Gasteiger partial charge in [-0.3, -0.25) is 0 Å². The minimum absolute atomic E-state index is 0.0124. The van der Waals surface area contributed by atoms with Gasteiger partial charge in [-0.2, -0.15) is 0 Å². The van der Waals surface area contributed by atoms with Crippen molar-refractivity contribution in [2.75, 3.05) is 18.0 Å². The Balaban J connectivity index is 1.64. The number of carboxylic acids is 1. The topological polar surface area (TPSA) is 71.2 Å². The number of hydrogen-bond acceptors (Lipinski definition) is 4. The Bertz CT molecular complexity index is 924. The number of aromatic carboxylic acids is 1. The maximum Gasteiger partial charge on any atom is 0.360 e. The van der Waals surface area contributed by atoms with Gasteiger partial charge in [-0.25, -0.2) is 4.79 Å². The van der Waals surface area contributed by atoms with Crippen LogP contribution >= 0.6 is 15.9 Å². The molecule has 0 radical (unpaired) electrons. The fourth-order valence-corrected chi connectivity index (χ4v) is 3.55. The standard InChI is InChI=1S/C19H17BrN4O2/c20-15-6-8-16(9-7-15)24-21-17(19(25)26)18(22-24)23-11-10-14(12-23)13-4-2-1-3-5-13/h1-9,14H,10-12H2,(H,25,26)/t14-/m0/s1. The summed E-state index contributed by atoms with van der Waals surface area (Å²) in [7, 11) is 0. The van der Waals surface area contributed by atoms with Crippen molar-refractivity contribution in [2.24, 2.45) is 0 Å². The highest BCUT2D eigenvalue weighted by molar-refractivity contribution is 9.10. The Hall–Kier alpha value is -2.67. The van der Waals surface area contributed by atoms with Gasteiger partial charge in [-0.15, -0.1) is 15.0 Å². The van der Waals surface area contributed by atoms with E-state index in [0.29, 0.717) is 11.7 Å². The maximum atomic E-state index is 11.7. The average molecular weight is 413 g/mol. The minimum Gasteiger partial charge on any atom is -0.476 e. The number of nitrogens with zero attached hydrogens (tertiary/aromatic N) is 4. The van der Waals surface area contributed by atoms with E-state index in [-0.39, 0.29) is 5.69 Å². The molecule has 1 fully saturated rings. The number of rotatable bonds is 4. The number of carbonyl (C=O) groups is 1. The first kappa shape index (κ1) is 16.8. The van der Waals surface area contributed by atoms with Crippen molar-refractivity contribution >= 4 is 27.7 Å². The van der Waals surface area contributed by atoms with Gasteiger partial charge in [0, 0.05) is 23.5 Å². The minimum atomic E-state index is -1.06. The summed E-state index contributed by atoms with van der Waals surface area (Å²) in [6.07, 6.45) is 0.966. The second kappa shape index (κ2) is 6.92. The van der Waals surface area contributed by atoms with Crippen LogP contribution in [0.4, 0.5) is 5.82 Å². The fourth-order valence-electron chi connectivity index (χ4n) is 3.29. The summed E-state index contributed by atoms with van der Waals surface area (Å²) >= 11 is 3.39. The van der Waals surface area contributed by atoms with E-state index in [1.165, 1.54) is 10.4 Å². The third kappa shape index (κ3) is 3.22. The molecule has 4 rings (SSSR count). The highest BCUT2D eigenvalue weighted by atomic mass is 79.9. The number of carboxylic acid groups (broad SMARTS) is 1. The van der Waals surface area contributed by atoms with Crippen molar-refractivity contribution in [3.05, 3.63) is 70.3 Å². The van der Waals surface area contributed by atoms with E-state index in [1.807, 2.05) is 47.4 Å². The van der Waals surface area contributed by atoms with Crippen molar-refractivity contribution < 1.29 is 9.90 Å². The van der Waals surface area contributed by atoms with E-state index in [4.69, 9.17) is 0 Å². The summed E-state index contributed by atoms with van der Waals surface area (Å²) in [5.41, 5.74) is 1.98. The third-order valence-electron chi connectivity index (χ3n) is 4.61. The Labute approximate surface area is 159 Å². The van der Waals surface area contributed by atoms with Crippen LogP contribution in [0, 0.1) is 0 Å². The fraction of sp³-hybridized carbons (Fsp3) is 0.211. The quantitative estimate of drug-likeness (QED) is 0.706. The van der Waals surface area contributed by atoms with E-state index in [1.54, 1.807) is 0 Å². The van der Waals surface area contributed by atoms with Crippen LogP contribution in [0.5, 0.6) is 0 Å². The van der Waals surface area contributed by atoms with Crippen LogP contribution in [0.1, 0.15) is 28.4 Å². The molecule has 1 atom stereocenters. The molecule has 1 aliphatic rings. The molecule has 2 aromatic carbocycles. The summed E-state index contributed by atoms with van der Waals surface area (Å²) in [4.78, 5) is 15.1. The molecule has 0 aliphatic carbocycles. The van der Waals surface area contributed by atoms with Crippen molar-refractivity contribution in [3.8, 4) is 5.69 Å². The molecule has 0 amide bonds. The number of aromatic nitrogens is 3. The lowest BCUT2D eigenvalue weighted by Crippen LogP contribution is -2.22. The van der Waals surface area contributed by atoms with Crippen molar-refractivity contribution in [1.82, 2.24) is 15.0 Å². The van der Waals surface area contributed by atoms with Crippen molar-refractivity contribution in [2.45, 2.75) is 12.3 Å². The zero-order valence-corrected chi connectivity index (χ0v) is 15.5. The van der Waals surface area contributed by atoms with Gasteiger partial charge < -0.3 is 10.0 Å². The number of benzene rings is 2. The Morgan fingerprint density at radius 1 is 1.08 bits per heavy atom. The van der Waals surface area contributed by atoms with Gasteiger partial charge in [0.05, 0.1) is 5.69 Å². The molecule has 0 saturated carbocycles. The van der Waals surface area contributed by atoms with Crippen LogP contribution in [-0.2, 0) is 0 Å². The predicted octanol–water partition coefficient (Wildman–Crippen LogP) is 3.72. The van der Waals surface area contributed by atoms with Crippen LogP contribution in [0.25, 0.3) is 5.69 Å². The van der Waals surface area contributed by atoms with Crippen LogP contribution in [0.2, 0.25) is 0 Å². The smallest absolute Gasteiger partial charge is 0.360 e. The summed E-state index contributed by atoms with van der Waals surface area (Å²) in [5.74, 6) is -0.263. The predicted molar refractivity (Wildman–Crippen MR) is 102 cm³/mol. The molecule has 0 spiro atoms. The van der Waals surface area contributed by atoms with E-state index < -0.39 is 5.97 Å². The van der Waals surface area contributed by atoms with Crippen LogP contribution < -0.4 is 4.90 Å². The normalized spacial score (nSPS) is 16.8. The Kier molecular flexibility index (Phi) is 4.46. The lowest BCUT2D eigenvalue weighted by Gasteiger charge is -2.16. The van der Waals surface area contributed by atoms with Gasteiger partial charge in [0.25, 0.3) is 0 Å². The molecule has 0 unspecified atom stereocenters. The first-order valence-electron chi connectivity index (χ1n) is 8.38. The second-order valence-electron chi connectivity index (χ2n) is 6.29. The van der Waals surface area contributed by atoms with Crippen molar-refractivity contribution in [3.63, 3.8) is 0 Å². The molecule has 132 valence electrons. The van der Waals surface area contributed by atoms with Crippen LogP contribution in [0.15, 0.2) is 59.1 Å². The number of halogens is 1. The first-order chi connectivity index (χ1) is 12.6.